The molecule has 0 saturated heterocycles. The first kappa shape index (κ1) is 17.8. The zero-order valence-electron chi connectivity index (χ0n) is 14.3. The van der Waals surface area contributed by atoms with E-state index in [-0.39, 0.29) is 5.97 Å². The van der Waals surface area contributed by atoms with E-state index >= 15 is 0 Å². The van der Waals surface area contributed by atoms with E-state index < -0.39 is 0 Å². The summed E-state index contributed by atoms with van der Waals surface area (Å²) in [6.45, 7) is 4.87. The fourth-order valence-corrected chi connectivity index (χ4v) is 2.40. The van der Waals surface area contributed by atoms with Crippen LogP contribution in [-0.2, 0) is 22.6 Å². The van der Waals surface area contributed by atoms with Crippen LogP contribution in [-0.4, -0.2) is 12.6 Å². The average molecular weight is 324 g/mol. The van der Waals surface area contributed by atoms with Crippen LogP contribution in [0.25, 0.3) is 6.08 Å². The predicted molar refractivity (Wildman–Crippen MR) is 96.9 cm³/mol. The molecule has 2 aromatic carbocycles. The van der Waals surface area contributed by atoms with Crippen LogP contribution in [0.4, 0.5) is 0 Å². The van der Waals surface area contributed by atoms with E-state index in [1.807, 2.05) is 30.3 Å². The highest BCUT2D eigenvalue weighted by molar-refractivity contribution is 5.87. The number of benzene rings is 2. The topological polar surface area (TPSA) is 35.5 Å². The molecule has 0 bridgehead atoms. The molecule has 0 N–H and O–H groups in total. The van der Waals surface area contributed by atoms with E-state index in [1.165, 1.54) is 6.08 Å². The van der Waals surface area contributed by atoms with Crippen molar-refractivity contribution < 1.29 is 14.3 Å². The van der Waals surface area contributed by atoms with Crippen molar-refractivity contribution in [3.8, 4) is 5.75 Å². The molecule has 0 heterocycles. The Morgan fingerprint density at radius 2 is 1.88 bits per heavy atom. The van der Waals surface area contributed by atoms with Crippen molar-refractivity contribution in [1.29, 1.82) is 0 Å². The Bertz CT molecular complexity index is 675. The van der Waals surface area contributed by atoms with Gasteiger partial charge in [-0.3, -0.25) is 0 Å². The molecule has 0 unspecified atom stereocenters. The molecule has 2 aromatic rings. The summed E-state index contributed by atoms with van der Waals surface area (Å²) in [6.07, 6.45) is 5.20. The van der Waals surface area contributed by atoms with Gasteiger partial charge in [0.05, 0.1) is 6.61 Å². The summed E-state index contributed by atoms with van der Waals surface area (Å²) in [5.41, 5.74) is 3.27. The standard InChI is InChI=1S/C21H24O3/c1-3-8-19-15-17(12-14-21(22)23-4-2)11-13-20(19)24-16-18-9-6-5-7-10-18/h5-7,9-15H,3-4,8,16H2,1-2H3. The molecule has 3 nitrogen and oxygen atoms in total. The second-order valence-corrected chi connectivity index (χ2v) is 5.48. The van der Waals surface area contributed by atoms with Crippen LogP contribution in [0.1, 0.15) is 37.0 Å². The lowest BCUT2D eigenvalue weighted by Crippen LogP contribution is -2.00. The number of ether oxygens (including phenoxy) is 2. The molecule has 0 fully saturated rings. The Morgan fingerprint density at radius 3 is 2.58 bits per heavy atom. The highest BCUT2D eigenvalue weighted by Crippen LogP contribution is 2.23. The molecule has 0 saturated carbocycles. The summed E-state index contributed by atoms with van der Waals surface area (Å²) in [6, 6.07) is 16.1. The first-order chi connectivity index (χ1) is 11.7. The van der Waals surface area contributed by atoms with Crippen LogP contribution in [0.15, 0.2) is 54.6 Å². The highest BCUT2D eigenvalue weighted by atomic mass is 16.5. The molecule has 126 valence electrons. The first-order valence-corrected chi connectivity index (χ1v) is 8.37. The van der Waals surface area contributed by atoms with Gasteiger partial charge < -0.3 is 9.47 Å². The molecule has 24 heavy (non-hydrogen) atoms. The molecule has 0 radical (unpaired) electrons. The maximum absolute atomic E-state index is 11.4. The number of rotatable bonds is 8. The molecular formula is C21H24O3. The molecule has 0 aliphatic heterocycles. The Morgan fingerprint density at radius 1 is 1.08 bits per heavy atom. The van der Waals surface area contributed by atoms with Gasteiger partial charge in [0, 0.05) is 6.08 Å². The number of hydrogen-bond donors (Lipinski definition) is 0. The normalized spacial score (nSPS) is 10.8. The lowest BCUT2D eigenvalue weighted by atomic mass is 10.0. The second-order valence-electron chi connectivity index (χ2n) is 5.48. The number of hydrogen-bond acceptors (Lipinski definition) is 3. The summed E-state index contributed by atoms with van der Waals surface area (Å²) in [5.74, 6) is 0.577. The van der Waals surface area contributed by atoms with Crippen LogP contribution in [0.5, 0.6) is 5.75 Å². The van der Waals surface area contributed by atoms with Crippen LogP contribution < -0.4 is 4.74 Å². The molecule has 0 atom stereocenters. The average Bonchev–Trinajstić information content (AvgIpc) is 2.60. The summed E-state index contributed by atoms with van der Waals surface area (Å²) in [4.78, 5) is 11.4. The van der Waals surface area contributed by atoms with E-state index in [4.69, 9.17) is 9.47 Å². The molecule has 2 rings (SSSR count). The summed E-state index contributed by atoms with van der Waals surface area (Å²) in [5, 5.41) is 0. The van der Waals surface area contributed by atoms with E-state index in [1.54, 1.807) is 13.0 Å². The number of carbonyl (C=O) groups excluding carboxylic acids is 1. The fourth-order valence-electron chi connectivity index (χ4n) is 2.40. The van der Waals surface area contributed by atoms with Gasteiger partial charge in [-0.15, -0.1) is 0 Å². The van der Waals surface area contributed by atoms with Crippen molar-refractivity contribution in [2.75, 3.05) is 6.61 Å². The molecular weight excluding hydrogens is 300 g/mol. The fraction of sp³-hybridized carbons (Fsp3) is 0.286. The van der Waals surface area contributed by atoms with Gasteiger partial charge in [0.15, 0.2) is 0 Å². The Balaban J connectivity index is 2.09. The summed E-state index contributed by atoms with van der Waals surface area (Å²) < 4.78 is 10.9. The summed E-state index contributed by atoms with van der Waals surface area (Å²) in [7, 11) is 0. The van der Waals surface area contributed by atoms with Gasteiger partial charge in [0.25, 0.3) is 0 Å². The maximum Gasteiger partial charge on any atom is 0.330 e. The first-order valence-electron chi connectivity index (χ1n) is 8.37. The molecule has 0 aliphatic carbocycles. The highest BCUT2D eigenvalue weighted by Gasteiger charge is 2.05. The Hall–Kier alpha value is -2.55. The second kappa shape index (κ2) is 9.56. The van der Waals surface area contributed by atoms with E-state index in [0.717, 1.165) is 35.3 Å². The summed E-state index contributed by atoms with van der Waals surface area (Å²) >= 11 is 0. The predicted octanol–water partition coefficient (Wildman–Crippen LogP) is 4.79. The molecule has 3 heteroatoms. The Kier molecular flexibility index (Phi) is 7.09. The van der Waals surface area contributed by atoms with Crippen molar-refractivity contribution in [3.05, 3.63) is 71.3 Å². The van der Waals surface area contributed by atoms with E-state index in [2.05, 4.69) is 25.1 Å². The van der Waals surface area contributed by atoms with Gasteiger partial charge in [-0.25, -0.2) is 4.79 Å². The van der Waals surface area contributed by atoms with Gasteiger partial charge in [0.1, 0.15) is 12.4 Å². The minimum Gasteiger partial charge on any atom is -0.489 e. The maximum atomic E-state index is 11.4. The van der Waals surface area contributed by atoms with Gasteiger partial charge in [-0.1, -0.05) is 49.7 Å². The minimum absolute atomic E-state index is 0.320. The third-order valence-corrected chi connectivity index (χ3v) is 3.54. The van der Waals surface area contributed by atoms with Gasteiger partial charge in [-0.2, -0.15) is 0 Å². The lowest BCUT2D eigenvalue weighted by Gasteiger charge is -2.12. The molecule has 0 aromatic heterocycles. The van der Waals surface area contributed by atoms with Crippen LogP contribution >= 0.6 is 0 Å². The Labute approximate surface area is 143 Å². The third kappa shape index (κ3) is 5.58. The molecule has 0 amide bonds. The third-order valence-electron chi connectivity index (χ3n) is 3.54. The zero-order valence-corrected chi connectivity index (χ0v) is 14.3. The van der Waals surface area contributed by atoms with Crippen molar-refractivity contribution in [3.63, 3.8) is 0 Å². The number of carbonyl (C=O) groups is 1. The lowest BCUT2D eigenvalue weighted by molar-refractivity contribution is -0.137. The largest absolute Gasteiger partial charge is 0.489 e. The van der Waals surface area contributed by atoms with Gasteiger partial charge in [-0.05, 0) is 48.2 Å². The van der Waals surface area contributed by atoms with Crippen LogP contribution in [0.3, 0.4) is 0 Å². The van der Waals surface area contributed by atoms with Crippen molar-refractivity contribution in [2.45, 2.75) is 33.3 Å². The van der Waals surface area contributed by atoms with Crippen molar-refractivity contribution in [1.82, 2.24) is 0 Å². The number of esters is 1. The quantitative estimate of drug-likeness (QED) is 0.517. The molecule has 0 aliphatic rings. The van der Waals surface area contributed by atoms with Gasteiger partial charge >= 0.3 is 5.97 Å². The number of aryl methyl sites for hydroxylation is 1. The van der Waals surface area contributed by atoms with Crippen LogP contribution in [0, 0.1) is 0 Å². The molecule has 0 spiro atoms. The zero-order chi connectivity index (χ0) is 17.2. The van der Waals surface area contributed by atoms with E-state index in [9.17, 15) is 4.79 Å². The minimum atomic E-state index is -0.320. The van der Waals surface area contributed by atoms with E-state index in [0.29, 0.717) is 13.2 Å². The smallest absolute Gasteiger partial charge is 0.330 e. The SMILES string of the molecule is CCCc1cc(C=CC(=O)OCC)ccc1OCc1ccccc1. The monoisotopic (exact) mass is 324 g/mol. The van der Waals surface area contributed by atoms with Crippen molar-refractivity contribution >= 4 is 12.0 Å². The van der Waals surface area contributed by atoms with Crippen LogP contribution in [0.2, 0.25) is 0 Å². The van der Waals surface area contributed by atoms with Gasteiger partial charge in [0.2, 0.25) is 0 Å². The van der Waals surface area contributed by atoms with Crippen molar-refractivity contribution in [2.24, 2.45) is 0 Å².